The average molecular weight is 324 g/mol. The first kappa shape index (κ1) is 16.9. The lowest BCUT2D eigenvalue weighted by atomic mass is 9.60. The maximum absolute atomic E-state index is 12.6. The van der Waals surface area contributed by atoms with Crippen LogP contribution in [0.15, 0.2) is 12.2 Å². The van der Waals surface area contributed by atoms with Crippen molar-refractivity contribution in [1.29, 1.82) is 0 Å². The number of fused-ring (bicyclic) bond motifs is 1. The second-order valence-corrected chi connectivity index (χ2v) is 7.22. The van der Waals surface area contributed by atoms with Crippen molar-refractivity contribution in [2.24, 2.45) is 11.7 Å². The fourth-order valence-corrected chi connectivity index (χ4v) is 4.86. The van der Waals surface area contributed by atoms with Gasteiger partial charge in [0.15, 0.2) is 6.29 Å². The predicted octanol–water partition coefficient (Wildman–Crippen LogP) is 0.567. The normalized spacial score (nSPS) is 46.9. The van der Waals surface area contributed by atoms with Crippen molar-refractivity contribution in [1.82, 2.24) is 5.32 Å². The summed E-state index contributed by atoms with van der Waals surface area (Å²) in [7, 11) is 0. The molecule has 0 radical (unpaired) electrons. The van der Waals surface area contributed by atoms with Gasteiger partial charge in [-0.05, 0) is 32.1 Å². The molecule has 0 aromatic carbocycles. The van der Waals surface area contributed by atoms with Crippen molar-refractivity contribution in [2.45, 2.75) is 81.4 Å². The molecule has 0 spiro atoms. The van der Waals surface area contributed by atoms with E-state index in [0.717, 1.165) is 19.3 Å². The monoisotopic (exact) mass is 324 g/mol. The van der Waals surface area contributed by atoms with Crippen molar-refractivity contribution in [3.05, 3.63) is 12.2 Å². The highest BCUT2D eigenvalue weighted by Crippen LogP contribution is 2.57. The number of rotatable bonds is 5. The summed E-state index contributed by atoms with van der Waals surface area (Å²) in [5, 5.41) is 24.4. The lowest BCUT2D eigenvalue weighted by molar-refractivity contribution is -0.378. The van der Waals surface area contributed by atoms with E-state index < -0.39 is 29.1 Å². The Bertz CT molecular complexity index is 525. The minimum absolute atomic E-state index is 0.160. The zero-order chi connectivity index (χ0) is 16.9. The molecule has 6 nitrogen and oxygen atoms in total. The van der Waals surface area contributed by atoms with Gasteiger partial charge in [-0.1, -0.05) is 32.4 Å². The largest absolute Gasteiger partial charge is 0.388 e. The predicted molar refractivity (Wildman–Crippen MR) is 85.3 cm³/mol. The Morgan fingerprint density at radius 3 is 2.78 bits per heavy atom. The molecule has 3 aliphatic rings. The quantitative estimate of drug-likeness (QED) is 0.553. The molecule has 2 fully saturated rings. The molecule has 3 rings (SSSR count). The van der Waals surface area contributed by atoms with E-state index >= 15 is 0 Å². The number of hydrogen-bond donors (Lipinski definition) is 4. The number of hydrogen-bond acceptors (Lipinski definition) is 5. The Hall–Kier alpha value is -0.950. The van der Waals surface area contributed by atoms with E-state index in [4.69, 9.17) is 10.5 Å². The first-order valence-corrected chi connectivity index (χ1v) is 8.70. The molecule has 1 amide bonds. The van der Waals surface area contributed by atoms with E-state index in [2.05, 4.69) is 5.32 Å². The first-order chi connectivity index (χ1) is 10.9. The second-order valence-electron chi connectivity index (χ2n) is 7.22. The van der Waals surface area contributed by atoms with Crippen molar-refractivity contribution >= 4 is 5.91 Å². The molecule has 1 unspecified atom stereocenters. The standard InChI is InChI=1S/C17H28N2O4/c1-3-8-11-12(20)19-17(14(22)23-16(11,17)4-2)13(21)15(18)9-6-5-7-10-15/h6,9,11,13-14,21-22H,3-5,7-8,10,18H2,1-2H3,(H,19,20)/t11-,13-,14?,15-,16-,17-/m0/s1. The molecule has 1 aliphatic carbocycles. The molecule has 2 heterocycles. The molecule has 0 bridgehead atoms. The van der Waals surface area contributed by atoms with E-state index in [0.29, 0.717) is 19.3 Å². The number of aliphatic hydroxyl groups is 2. The molecule has 6 atom stereocenters. The fourth-order valence-electron chi connectivity index (χ4n) is 4.86. The molecule has 0 saturated carbocycles. The van der Waals surface area contributed by atoms with Gasteiger partial charge in [0.2, 0.25) is 5.91 Å². The van der Waals surface area contributed by atoms with E-state index in [-0.39, 0.29) is 11.8 Å². The Balaban J connectivity index is 2.02. The number of amides is 1. The lowest BCUT2D eigenvalue weighted by Crippen LogP contribution is -2.85. The van der Waals surface area contributed by atoms with E-state index in [1.165, 1.54) is 0 Å². The van der Waals surface area contributed by atoms with Crippen LogP contribution in [0.1, 0.15) is 52.4 Å². The highest BCUT2D eigenvalue weighted by atomic mass is 16.7. The highest BCUT2D eigenvalue weighted by molar-refractivity contribution is 5.86. The van der Waals surface area contributed by atoms with Crippen LogP contribution in [0.25, 0.3) is 0 Å². The molecule has 2 saturated heterocycles. The Labute approximate surface area is 137 Å². The minimum atomic E-state index is -1.24. The third-order valence-electron chi connectivity index (χ3n) is 6.07. The Kier molecular flexibility index (Phi) is 4.08. The third kappa shape index (κ3) is 1.98. The van der Waals surface area contributed by atoms with Crippen LogP contribution in [-0.2, 0) is 9.53 Å². The number of allylic oxidation sites excluding steroid dienone is 1. The maximum Gasteiger partial charge on any atom is 0.226 e. The number of carbonyl (C=O) groups is 1. The topological polar surface area (TPSA) is 105 Å². The van der Waals surface area contributed by atoms with Crippen LogP contribution < -0.4 is 11.1 Å². The van der Waals surface area contributed by atoms with E-state index in [9.17, 15) is 15.0 Å². The summed E-state index contributed by atoms with van der Waals surface area (Å²) in [6.07, 6.45) is 5.90. The van der Waals surface area contributed by atoms with Crippen LogP contribution in [-0.4, -0.2) is 45.2 Å². The van der Waals surface area contributed by atoms with Gasteiger partial charge in [0.1, 0.15) is 17.2 Å². The molecule has 2 aliphatic heterocycles. The SMILES string of the molecule is CCC[C@H]1C(=O)N[C@@]2([C@@H](O)[C@]3(N)C=CCCC3)C(O)O[C@@]12CC. The molecule has 0 aromatic rings. The van der Waals surface area contributed by atoms with Crippen molar-refractivity contribution < 1.29 is 19.7 Å². The number of nitrogens with two attached hydrogens (primary N) is 1. The van der Waals surface area contributed by atoms with E-state index in [1.54, 1.807) is 0 Å². The van der Waals surface area contributed by atoms with E-state index in [1.807, 2.05) is 26.0 Å². The van der Waals surface area contributed by atoms with Gasteiger partial charge >= 0.3 is 0 Å². The average Bonchev–Trinajstić information content (AvgIpc) is 2.73. The molecule has 6 heteroatoms. The Morgan fingerprint density at radius 1 is 1.52 bits per heavy atom. The maximum atomic E-state index is 12.6. The number of nitrogens with one attached hydrogen (secondary N) is 1. The summed E-state index contributed by atoms with van der Waals surface area (Å²) in [4.78, 5) is 12.6. The molecule has 23 heavy (non-hydrogen) atoms. The summed E-state index contributed by atoms with van der Waals surface area (Å²) in [6.45, 7) is 3.94. The lowest BCUT2D eigenvalue weighted by Gasteiger charge is -2.62. The van der Waals surface area contributed by atoms with Gasteiger partial charge < -0.3 is 26.0 Å². The summed E-state index contributed by atoms with van der Waals surface area (Å²) < 4.78 is 5.73. The molecule has 5 N–H and O–H groups in total. The van der Waals surface area contributed by atoms with Crippen molar-refractivity contribution in [2.75, 3.05) is 0 Å². The summed E-state index contributed by atoms with van der Waals surface area (Å²) in [6, 6.07) is 0. The van der Waals surface area contributed by atoms with Gasteiger partial charge in [-0.2, -0.15) is 0 Å². The molecular formula is C17H28N2O4. The summed E-state index contributed by atoms with van der Waals surface area (Å²) in [5.74, 6) is -0.528. The van der Waals surface area contributed by atoms with Gasteiger partial charge in [-0.3, -0.25) is 4.79 Å². The molecule has 0 aromatic heterocycles. The van der Waals surface area contributed by atoms with Gasteiger partial charge in [-0.25, -0.2) is 0 Å². The molecular weight excluding hydrogens is 296 g/mol. The van der Waals surface area contributed by atoms with Gasteiger partial charge in [-0.15, -0.1) is 0 Å². The van der Waals surface area contributed by atoms with Crippen LogP contribution in [0.2, 0.25) is 0 Å². The second kappa shape index (κ2) is 5.55. The smallest absolute Gasteiger partial charge is 0.226 e. The fraction of sp³-hybridized carbons (Fsp3) is 0.824. The highest BCUT2D eigenvalue weighted by Gasteiger charge is 2.79. The zero-order valence-electron chi connectivity index (χ0n) is 13.9. The van der Waals surface area contributed by atoms with Gasteiger partial charge in [0.05, 0.1) is 11.5 Å². The van der Waals surface area contributed by atoms with Gasteiger partial charge in [0, 0.05) is 0 Å². The van der Waals surface area contributed by atoms with Crippen LogP contribution >= 0.6 is 0 Å². The summed E-state index contributed by atoms with van der Waals surface area (Å²) >= 11 is 0. The van der Waals surface area contributed by atoms with Crippen LogP contribution in [0.3, 0.4) is 0 Å². The number of carbonyl (C=O) groups excluding carboxylic acids is 1. The van der Waals surface area contributed by atoms with Crippen LogP contribution in [0.5, 0.6) is 0 Å². The van der Waals surface area contributed by atoms with Crippen molar-refractivity contribution in [3.8, 4) is 0 Å². The van der Waals surface area contributed by atoms with Crippen molar-refractivity contribution in [3.63, 3.8) is 0 Å². The Morgan fingerprint density at radius 2 is 2.26 bits per heavy atom. The number of aliphatic hydroxyl groups excluding tert-OH is 2. The number of ether oxygens (including phenoxy) is 1. The molecule has 130 valence electrons. The third-order valence-corrected chi connectivity index (χ3v) is 6.07. The van der Waals surface area contributed by atoms with Crippen LogP contribution in [0.4, 0.5) is 0 Å². The zero-order valence-corrected chi connectivity index (χ0v) is 13.9. The summed E-state index contributed by atoms with van der Waals surface area (Å²) in [5.41, 5.74) is 3.37. The van der Waals surface area contributed by atoms with Crippen LogP contribution in [0, 0.1) is 5.92 Å². The first-order valence-electron chi connectivity index (χ1n) is 8.70. The van der Waals surface area contributed by atoms with Gasteiger partial charge in [0.25, 0.3) is 0 Å². The minimum Gasteiger partial charge on any atom is -0.388 e.